The minimum atomic E-state index is -0.550. The average Bonchev–Trinajstić information content (AvgIpc) is 2.91. The molecule has 1 amide bonds. The zero-order valence-electron chi connectivity index (χ0n) is 20.0. The molecule has 0 fully saturated rings. The summed E-state index contributed by atoms with van der Waals surface area (Å²) >= 11 is 0. The van der Waals surface area contributed by atoms with Crippen LogP contribution in [0.3, 0.4) is 0 Å². The molecular weight excluding hydrogens is 468 g/mol. The minimum Gasteiger partial charge on any atom is -0.368 e. The minimum absolute atomic E-state index is 0.00871. The van der Waals surface area contributed by atoms with Gasteiger partial charge < -0.3 is 11.1 Å². The molecule has 2 aromatic carbocycles. The highest BCUT2D eigenvalue weighted by atomic mass is 16.1. The van der Waals surface area contributed by atoms with E-state index in [9.17, 15) is 14.9 Å². The molecule has 0 saturated heterocycles. The van der Waals surface area contributed by atoms with Crippen LogP contribution in [0, 0.1) is 23.2 Å². The Morgan fingerprint density at radius 3 is 2.70 bits per heavy atom. The van der Waals surface area contributed by atoms with Gasteiger partial charge in [0.1, 0.15) is 23.3 Å². The number of fused-ring (bicyclic) bond motifs is 1. The van der Waals surface area contributed by atoms with Gasteiger partial charge in [-0.25, -0.2) is 15.0 Å². The monoisotopic (exact) mass is 490 g/mol. The second-order valence-corrected chi connectivity index (χ2v) is 7.97. The van der Waals surface area contributed by atoms with Crippen LogP contribution >= 0.6 is 0 Å². The summed E-state index contributed by atoms with van der Waals surface area (Å²) in [6.45, 7) is 5.02. The molecule has 0 spiro atoms. The number of amides is 1. The summed E-state index contributed by atoms with van der Waals surface area (Å²) < 4.78 is 1.51. The zero-order valence-corrected chi connectivity index (χ0v) is 20.0. The fourth-order valence-electron chi connectivity index (χ4n) is 3.73. The van der Waals surface area contributed by atoms with Crippen LogP contribution in [0.1, 0.15) is 42.8 Å². The van der Waals surface area contributed by atoms with E-state index >= 15 is 0 Å². The Morgan fingerprint density at radius 2 is 1.97 bits per heavy atom. The van der Waals surface area contributed by atoms with Crippen LogP contribution in [-0.4, -0.2) is 32.1 Å². The number of nitrogen functional groups attached to an aromatic ring is 1. The number of nitrogens with zero attached hydrogens (tertiary/aromatic N) is 6. The van der Waals surface area contributed by atoms with E-state index in [2.05, 4.69) is 38.8 Å². The molecule has 0 saturated carbocycles. The van der Waals surface area contributed by atoms with Gasteiger partial charge in [0.05, 0.1) is 28.8 Å². The Bertz CT molecular complexity index is 1660. The van der Waals surface area contributed by atoms with E-state index < -0.39 is 6.04 Å². The van der Waals surface area contributed by atoms with E-state index in [1.54, 1.807) is 37.3 Å². The summed E-state index contributed by atoms with van der Waals surface area (Å²) in [6, 6.07) is 15.8. The lowest BCUT2D eigenvalue weighted by molar-refractivity contribution is -0.117. The molecule has 182 valence electrons. The number of anilines is 2. The second-order valence-electron chi connectivity index (χ2n) is 7.97. The molecule has 0 aliphatic carbocycles. The van der Waals surface area contributed by atoms with Gasteiger partial charge in [-0.3, -0.25) is 14.2 Å². The molecule has 0 bridgehead atoms. The highest BCUT2D eigenvalue weighted by Crippen LogP contribution is 2.23. The molecule has 1 atom stereocenters. The molecule has 0 aliphatic rings. The number of rotatable bonds is 6. The maximum atomic E-state index is 13.9. The number of aliphatic imine (C=N–C) groups is 1. The fourth-order valence-corrected chi connectivity index (χ4v) is 3.73. The van der Waals surface area contributed by atoms with Crippen LogP contribution in [0.5, 0.6) is 0 Å². The number of hydrogen-bond acceptors (Lipinski definition) is 8. The van der Waals surface area contributed by atoms with Crippen molar-refractivity contribution in [1.82, 2.24) is 19.5 Å². The van der Waals surface area contributed by atoms with E-state index in [4.69, 9.17) is 10.7 Å². The third-order valence-electron chi connectivity index (χ3n) is 5.47. The summed E-state index contributed by atoms with van der Waals surface area (Å²) in [7, 11) is 0. The molecular formula is C27H22N8O2. The zero-order chi connectivity index (χ0) is 26.4. The van der Waals surface area contributed by atoms with Crippen molar-refractivity contribution in [1.29, 1.82) is 5.26 Å². The molecule has 0 radical (unpaired) electrons. The number of benzene rings is 2. The Kier molecular flexibility index (Phi) is 7.32. The van der Waals surface area contributed by atoms with Crippen molar-refractivity contribution in [2.45, 2.75) is 25.8 Å². The molecule has 0 unspecified atom stereocenters. The Labute approximate surface area is 212 Å². The number of nitriles is 1. The van der Waals surface area contributed by atoms with Gasteiger partial charge in [-0.1, -0.05) is 36.1 Å². The molecule has 3 N–H and O–H groups in total. The molecule has 10 nitrogen and oxygen atoms in total. The van der Waals surface area contributed by atoms with Crippen LogP contribution in [-0.2, 0) is 4.79 Å². The maximum Gasteiger partial charge on any atom is 0.267 e. The summed E-state index contributed by atoms with van der Waals surface area (Å²) in [5, 5.41) is 13.0. The van der Waals surface area contributed by atoms with Gasteiger partial charge in [-0.2, -0.15) is 10.2 Å². The third kappa shape index (κ3) is 5.34. The topological polar surface area (TPSA) is 152 Å². The summed E-state index contributed by atoms with van der Waals surface area (Å²) in [5.74, 6) is 6.23. The normalized spacial score (nSPS) is 11.1. The van der Waals surface area contributed by atoms with Crippen molar-refractivity contribution in [3.05, 3.63) is 82.0 Å². The number of para-hydroxylation sites is 1. The lowest BCUT2D eigenvalue weighted by atomic mass is 10.1. The number of aromatic nitrogens is 4. The molecule has 4 rings (SSSR count). The van der Waals surface area contributed by atoms with E-state index in [1.165, 1.54) is 10.8 Å². The van der Waals surface area contributed by atoms with Crippen molar-refractivity contribution in [2.24, 2.45) is 4.99 Å². The van der Waals surface area contributed by atoms with Crippen LogP contribution < -0.4 is 16.6 Å². The lowest BCUT2D eigenvalue weighted by Crippen LogP contribution is -2.28. The van der Waals surface area contributed by atoms with Crippen molar-refractivity contribution in [3.8, 4) is 23.6 Å². The number of carbonyl (C=O) groups excluding carboxylic acids is 1. The first-order valence-electron chi connectivity index (χ1n) is 11.3. The number of hydrogen-bond donors (Lipinski definition) is 2. The maximum absolute atomic E-state index is 13.9. The van der Waals surface area contributed by atoms with E-state index in [0.717, 1.165) is 0 Å². The van der Waals surface area contributed by atoms with Gasteiger partial charge in [0.25, 0.3) is 5.56 Å². The quantitative estimate of drug-likeness (QED) is 0.309. The number of nitrogens with one attached hydrogen (secondary N) is 1. The van der Waals surface area contributed by atoms with Crippen LogP contribution in [0.15, 0.2) is 64.5 Å². The second kappa shape index (κ2) is 10.9. The van der Waals surface area contributed by atoms with E-state index in [-0.39, 0.29) is 41.6 Å². The van der Waals surface area contributed by atoms with Crippen LogP contribution in [0.2, 0.25) is 0 Å². The molecule has 37 heavy (non-hydrogen) atoms. The lowest BCUT2D eigenvalue weighted by Gasteiger charge is -2.20. The number of carbonyl (C=O) groups is 1. The van der Waals surface area contributed by atoms with Gasteiger partial charge in [-0.15, -0.1) is 0 Å². The predicted molar refractivity (Wildman–Crippen MR) is 141 cm³/mol. The fraction of sp³-hybridized carbons (Fsp3) is 0.148. The van der Waals surface area contributed by atoms with E-state index in [1.807, 2.05) is 24.3 Å². The first-order chi connectivity index (χ1) is 17.9. The highest BCUT2D eigenvalue weighted by Gasteiger charge is 2.21. The number of nitrogens with two attached hydrogens (primary N) is 1. The highest BCUT2D eigenvalue weighted by molar-refractivity contribution is 5.85. The average molecular weight is 491 g/mol. The van der Waals surface area contributed by atoms with Crippen LogP contribution in [0.4, 0.5) is 11.8 Å². The molecule has 0 aliphatic heterocycles. The van der Waals surface area contributed by atoms with E-state index in [0.29, 0.717) is 28.0 Å². The smallest absolute Gasteiger partial charge is 0.267 e. The predicted octanol–water partition coefficient (Wildman–Crippen LogP) is 3.16. The Hall–Kier alpha value is -5.35. The van der Waals surface area contributed by atoms with Crippen LogP contribution in [0.25, 0.3) is 16.6 Å². The summed E-state index contributed by atoms with van der Waals surface area (Å²) in [6.07, 6.45) is 1.77. The van der Waals surface area contributed by atoms with Gasteiger partial charge in [0.2, 0.25) is 11.9 Å². The standard InChI is InChI=1S/C27H22N8O2/c1-17(32-24-19(15-28)16-31-27(29)34-24)25-33-21-13-8-10-18(9-6-7-14-22(36)30-2)23(21)26(37)35(25)20-11-4-3-5-12-20/h3-5,8,10-13,16-17H,2,7,14H2,1H3,(H3,29,31,32,34)/t17-/m0/s1. The molecule has 2 heterocycles. The third-order valence-corrected chi connectivity index (χ3v) is 5.47. The Morgan fingerprint density at radius 1 is 1.19 bits per heavy atom. The largest absolute Gasteiger partial charge is 0.368 e. The first kappa shape index (κ1) is 24.8. The van der Waals surface area contributed by atoms with Crippen molar-refractivity contribution in [3.63, 3.8) is 0 Å². The van der Waals surface area contributed by atoms with Crippen molar-refractivity contribution < 1.29 is 4.79 Å². The molecule has 2 aromatic heterocycles. The van der Waals surface area contributed by atoms with Crippen molar-refractivity contribution in [2.75, 3.05) is 11.1 Å². The van der Waals surface area contributed by atoms with Gasteiger partial charge in [0.15, 0.2) is 0 Å². The van der Waals surface area contributed by atoms with Crippen molar-refractivity contribution >= 4 is 35.3 Å². The first-order valence-corrected chi connectivity index (χ1v) is 11.3. The van der Waals surface area contributed by atoms with Gasteiger partial charge >= 0.3 is 0 Å². The van der Waals surface area contributed by atoms with Gasteiger partial charge in [0, 0.05) is 18.4 Å². The summed E-state index contributed by atoms with van der Waals surface area (Å²) in [5.41, 5.74) is 7.19. The SMILES string of the molecule is C=NC(=O)CCC#Cc1cccc2nc([C@H](C)Nc3nc(N)ncc3C#N)n(-c3ccccc3)c(=O)c12. The molecule has 10 heteroatoms. The summed E-state index contributed by atoms with van der Waals surface area (Å²) in [4.78, 5) is 41.5. The Balaban J connectivity index is 1.86. The molecule has 4 aromatic rings. The van der Waals surface area contributed by atoms with Gasteiger partial charge in [-0.05, 0) is 37.9 Å².